The van der Waals surface area contributed by atoms with Crippen LogP contribution in [0.25, 0.3) is 0 Å². The highest BCUT2D eigenvalue weighted by molar-refractivity contribution is 5.84. The molecule has 158 valence electrons. The molecule has 0 saturated heterocycles. The molecule has 2 aromatic rings. The van der Waals surface area contributed by atoms with Crippen LogP contribution in [0, 0.1) is 11.3 Å². The zero-order valence-electron chi connectivity index (χ0n) is 18.4. The van der Waals surface area contributed by atoms with E-state index in [2.05, 4.69) is 80.1 Å². The Morgan fingerprint density at radius 1 is 0.867 bits per heavy atom. The predicted octanol–water partition coefficient (Wildman–Crippen LogP) is 3.11. The predicted molar refractivity (Wildman–Crippen MR) is 121 cm³/mol. The molecule has 0 radical (unpaired) electrons. The van der Waals surface area contributed by atoms with E-state index >= 15 is 0 Å². The quantitative estimate of drug-likeness (QED) is 0.764. The van der Waals surface area contributed by atoms with Gasteiger partial charge in [-0.05, 0) is 66.4 Å². The lowest BCUT2D eigenvalue weighted by molar-refractivity contribution is -0.856. The van der Waals surface area contributed by atoms with E-state index in [1.807, 2.05) is 0 Å². The van der Waals surface area contributed by atoms with Crippen LogP contribution in [0.4, 0.5) is 0 Å². The SMILES string of the molecule is C[NH+](C)CCNC(=O)C12CC3C[C@](c4ccccc4)(C1)C[C@@](c1ccccc1)(C3)C2. The van der Waals surface area contributed by atoms with E-state index in [9.17, 15) is 4.79 Å². The van der Waals surface area contributed by atoms with Gasteiger partial charge >= 0.3 is 0 Å². The summed E-state index contributed by atoms with van der Waals surface area (Å²) >= 11 is 0. The lowest BCUT2D eigenvalue weighted by atomic mass is 9.37. The highest BCUT2D eigenvalue weighted by Gasteiger charge is 2.66. The Morgan fingerprint density at radius 2 is 1.40 bits per heavy atom. The largest absolute Gasteiger partial charge is 0.350 e. The van der Waals surface area contributed by atoms with Crippen molar-refractivity contribution in [3.8, 4) is 0 Å². The number of hydrogen-bond donors (Lipinski definition) is 2. The number of carbonyl (C=O) groups excluding carboxylic acids is 1. The Labute approximate surface area is 180 Å². The molecule has 0 aromatic heterocycles. The van der Waals surface area contributed by atoms with Crippen molar-refractivity contribution in [2.24, 2.45) is 11.3 Å². The van der Waals surface area contributed by atoms with Crippen LogP contribution in [0.3, 0.4) is 0 Å². The second kappa shape index (κ2) is 7.23. The minimum Gasteiger partial charge on any atom is -0.350 e. The van der Waals surface area contributed by atoms with Crippen LogP contribution < -0.4 is 10.2 Å². The zero-order valence-corrected chi connectivity index (χ0v) is 18.4. The first-order chi connectivity index (χ1) is 14.5. The van der Waals surface area contributed by atoms with Gasteiger partial charge in [0.2, 0.25) is 5.91 Å². The standard InChI is InChI=1S/C27H34N2O/c1-29(2)14-13-28-24(30)27-17-21-15-25(19-27,22-9-5-3-6-10-22)18-26(16-21,20-27)23-11-7-4-8-12-23/h3-12,21H,13-20H2,1-2H3,(H,28,30)/p+1/t21?,25-,26+,27?. The molecule has 3 nitrogen and oxygen atoms in total. The molecule has 2 aromatic carbocycles. The number of quaternary nitrogens is 1. The average Bonchev–Trinajstić information content (AvgIpc) is 2.74. The summed E-state index contributed by atoms with van der Waals surface area (Å²) < 4.78 is 0. The van der Waals surface area contributed by atoms with Crippen LogP contribution in [-0.4, -0.2) is 33.1 Å². The van der Waals surface area contributed by atoms with Crippen molar-refractivity contribution in [3.05, 3.63) is 71.8 Å². The maximum absolute atomic E-state index is 13.7. The Bertz CT molecular complexity index is 851. The summed E-state index contributed by atoms with van der Waals surface area (Å²) in [7, 11) is 4.29. The molecule has 2 unspecified atom stereocenters. The summed E-state index contributed by atoms with van der Waals surface area (Å²) in [5.74, 6) is 0.945. The van der Waals surface area contributed by atoms with Crippen molar-refractivity contribution in [1.29, 1.82) is 0 Å². The van der Waals surface area contributed by atoms with Crippen LogP contribution in [0.1, 0.15) is 49.7 Å². The molecule has 30 heavy (non-hydrogen) atoms. The summed E-state index contributed by atoms with van der Waals surface area (Å²) in [5.41, 5.74) is 2.92. The number of benzene rings is 2. The molecule has 6 rings (SSSR count). The number of nitrogens with one attached hydrogen (secondary N) is 2. The van der Waals surface area contributed by atoms with Gasteiger partial charge in [0.25, 0.3) is 0 Å². The average molecular weight is 404 g/mol. The summed E-state index contributed by atoms with van der Waals surface area (Å²) in [6, 6.07) is 22.2. The lowest BCUT2D eigenvalue weighted by Gasteiger charge is -2.66. The Morgan fingerprint density at radius 3 is 1.90 bits per heavy atom. The maximum Gasteiger partial charge on any atom is 0.226 e. The van der Waals surface area contributed by atoms with E-state index in [0.29, 0.717) is 11.8 Å². The molecule has 1 amide bonds. The first-order valence-corrected chi connectivity index (χ1v) is 11.6. The van der Waals surface area contributed by atoms with Crippen molar-refractivity contribution in [2.45, 2.75) is 49.4 Å². The van der Waals surface area contributed by atoms with Crippen LogP contribution >= 0.6 is 0 Å². The monoisotopic (exact) mass is 403 g/mol. The normalized spacial score (nSPS) is 34.3. The topological polar surface area (TPSA) is 33.5 Å². The smallest absolute Gasteiger partial charge is 0.226 e. The molecule has 4 bridgehead atoms. The van der Waals surface area contributed by atoms with Gasteiger partial charge in [0.1, 0.15) is 0 Å². The van der Waals surface area contributed by atoms with Crippen LogP contribution in [0.15, 0.2) is 60.7 Å². The summed E-state index contributed by atoms with van der Waals surface area (Å²) in [4.78, 5) is 15.1. The first-order valence-electron chi connectivity index (χ1n) is 11.6. The third-order valence-electron chi connectivity index (χ3n) is 8.23. The number of likely N-dealkylation sites (N-methyl/N-ethyl adjacent to an activating group) is 1. The molecule has 4 saturated carbocycles. The molecule has 3 heteroatoms. The zero-order chi connectivity index (χ0) is 20.8. The van der Waals surface area contributed by atoms with Crippen LogP contribution in [0.5, 0.6) is 0 Å². The fraction of sp³-hybridized carbons (Fsp3) is 0.519. The molecule has 0 heterocycles. The minimum absolute atomic E-state index is 0.126. The molecular formula is C27H35N2O+. The first kappa shape index (κ1) is 19.8. The van der Waals surface area contributed by atoms with E-state index in [0.717, 1.165) is 32.4 Å². The number of rotatable bonds is 6. The van der Waals surface area contributed by atoms with Crippen molar-refractivity contribution < 1.29 is 9.69 Å². The highest BCUT2D eigenvalue weighted by atomic mass is 16.2. The van der Waals surface area contributed by atoms with Gasteiger partial charge in [0, 0.05) is 0 Å². The molecular weight excluding hydrogens is 368 g/mol. The highest BCUT2D eigenvalue weighted by Crippen LogP contribution is 2.70. The van der Waals surface area contributed by atoms with E-state index in [1.165, 1.54) is 35.3 Å². The van der Waals surface area contributed by atoms with Crippen molar-refractivity contribution >= 4 is 5.91 Å². The Kier molecular flexibility index (Phi) is 4.77. The van der Waals surface area contributed by atoms with Gasteiger partial charge in [0.05, 0.1) is 32.6 Å². The van der Waals surface area contributed by atoms with E-state index < -0.39 is 0 Å². The molecule has 4 atom stereocenters. The molecule has 2 N–H and O–H groups in total. The number of hydrogen-bond acceptors (Lipinski definition) is 1. The van der Waals surface area contributed by atoms with Crippen LogP contribution in [-0.2, 0) is 15.6 Å². The fourth-order valence-electron chi connectivity index (χ4n) is 7.53. The maximum atomic E-state index is 13.7. The van der Waals surface area contributed by atoms with E-state index in [4.69, 9.17) is 0 Å². The fourth-order valence-corrected chi connectivity index (χ4v) is 7.53. The Balaban J connectivity index is 1.55. The van der Waals surface area contributed by atoms with Crippen molar-refractivity contribution in [3.63, 3.8) is 0 Å². The second-order valence-corrected chi connectivity index (χ2v) is 10.8. The van der Waals surface area contributed by atoms with Gasteiger partial charge in [-0.3, -0.25) is 4.79 Å². The Hall–Kier alpha value is -2.13. The van der Waals surface area contributed by atoms with Gasteiger partial charge in [-0.1, -0.05) is 60.7 Å². The number of carbonyl (C=O) groups is 1. The van der Waals surface area contributed by atoms with Gasteiger partial charge in [-0.25, -0.2) is 0 Å². The third-order valence-corrected chi connectivity index (χ3v) is 8.23. The van der Waals surface area contributed by atoms with Crippen LogP contribution in [0.2, 0.25) is 0 Å². The van der Waals surface area contributed by atoms with Gasteiger partial charge in [-0.15, -0.1) is 0 Å². The van der Waals surface area contributed by atoms with Crippen molar-refractivity contribution in [1.82, 2.24) is 5.32 Å². The number of amides is 1. The molecule has 4 fully saturated rings. The molecule has 0 spiro atoms. The summed E-state index contributed by atoms with van der Waals surface area (Å²) in [6.45, 7) is 1.74. The lowest BCUT2D eigenvalue weighted by Crippen LogP contribution is -3.06. The summed E-state index contributed by atoms with van der Waals surface area (Å²) in [5, 5.41) is 3.35. The van der Waals surface area contributed by atoms with E-state index in [-0.39, 0.29) is 16.2 Å². The second-order valence-electron chi connectivity index (χ2n) is 10.8. The molecule has 0 aliphatic heterocycles. The summed E-state index contributed by atoms with van der Waals surface area (Å²) in [6.07, 6.45) is 6.74. The van der Waals surface area contributed by atoms with Gasteiger partial charge in [-0.2, -0.15) is 0 Å². The minimum atomic E-state index is -0.229. The molecule has 4 aliphatic rings. The van der Waals surface area contributed by atoms with E-state index in [1.54, 1.807) is 0 Å². The van der Waals surface area contributed by atoms with Gasteiger partial charge in [0.15, 0.2) is 0 Å². The van der Waals surface area contributed by atoms with Gasteiger partial charge < -0.3 is 10.2 Å². The molecule has 4 aliphatic carbocycles. The third kappa shape index (κ3) is 3.19. The van der Waals surface area contributed by atoms with Crippen molar-refractivity contribution in [2.75, 3.05) is 27.2 Å².